The average Bonchev–Trinajstić information content (AvgIpc) is 3.45. The minimum absolute atomic E-state index is 0.0230. The van der Waals surface area contributed by atoms with Gasteiger partial charge in [-0.2, -0.15) is 18.3 Å². The highest BCUT2D eigenvalue weighted by Gasteiger charge is 2.42. The highest BCUT2D eigenvalue weighted by Crippen LogP contribution is 2.43. The molecule has 1 atom stereocenters. The summed E-state index contributed by atoms with van der Waals surface area (Å²) in [6.45, 7) is 1.99. The summed E-state index contributed by atoms with van der Waals surface area (Å²) in [6, 6.07) is 1.45. The predicted octanol–water partition coefficient (Wildman–Crippen LogP) is 4.90. The lowest BCUT2D eigenvalue weighted by atomic mass is 9.77. The summed E-state index contributed by atoms with van der Waals surface area (Å²) in [5.74, 6) is -1.24. The minimum Gasteiger partial charge on any atom is -0.354 e. The molecule has 1 N–H and O–H groups in total. The molecular formula is C21H23F3N6O2. The van der Waals surface area contributed by atoms with Crippen molar-refractivity contribution in [3.63, 3.8) is 0 Å². The van der Waals surface area contributed by atoms with Gasteiger partial charge in [0, 0.05) is 24.7 Å². The van der Waals surface area contributed by atoms with Crippen molar-refractivity contribution >= 4 is 11.6 Å². The second kappa shape index (κ2) is 9.09. The van der Waals surface area contributed by atoms with Crippen LogP contribution in [0.4, 0.5) is 18.9 Å². The molecule has 3 aromatic rings. The summed E-state index contributed by atoms with van der Waals surface area (Å²) in [4.78, 5) is 20.6. The van der Waals surface area contributed by atoms with Crippen molar-refractivity contribution in [1.82, 2.24) is 24.9 Å². The van der Waals surface area contributed by atoms with Gasteiger partial charge in [0.25, 0.3) is 5.91 Å². The molecule has 1 aliphatic carbocycles. The molecule has 1 unspecified atom stereocenters. The fourth-order valence-electron chi connectivity index (χ4n) is 4.28. The van der Waals surface area contributed by atoms with Gasteiger partial charge in [-0.1, -0.05) is 12.1 Å². The van der Waals surface area contributed by atoms with E-state index in [2.05, 4.69) is 25.5 Å². The standard InChI is InChI=1S/C21H23F3N6O2/c1-2-18(13-3-5-14(6-4-13)21(22,23)24)30-12-15(10-27-30)28-20(31)16-9-19(32-29-16)17-11-25-7-8-26-17/h7-14,18H,2-6H2,1H3,(H,28,31). The van der Waals surface area contributed by atoms with Crippen LogP contribution in [0.2, 0.25) is 0 Å². The van der Waals surface area contributed by atoms with Crippen molar-refractivity contribution in [1.29, 1.82) is 0 Å². The predicted molar refractivity (Wildman–Crippen MR) is 109 cm³/mol. The van der Waals surface area contributed by atoms with E-state index < -0.39 is 18.0 Å². The molecule has 0 spiro atoms. The first-order valence-corrected chi connectivity index (χ1v) is 10.5. The fourth-order valence-corrected chi connectivity index (χ4v) is 4.28. The summed E-state index contributed by atoms with van der Waals surface area (Å²) in [5, 5.41) is 10.8. The van der Waals surface area contributed by atoms with Gasteiger partial charge in [-0.3, -0.25) is 14.5 Å². The maximum atomic E-state index is 13.0. The molecule has 0 aromatic carbocycles. The maximum Gasteiger partial charge on any atom is 0.391 e. The van der Waals surface area contributed by atoms with Gasteiger partial charge in [-0.25, -0.2) is 4.98 Å². The SMILES string of the molecule is CCC(C1CCC(C(F)(F)F)CC1)n1cc(NC(=O)c2cc(-c3cnccn3)on2)cn1. The Labute approximate surface area is 182 Å². The van der Waals surface area contributed by atoms with Gasteiger partial charge in [0.2, 0.25) is 0 Å². The Hall–Kier alpha value is -3.24. The fraction of sp³-hybridized carbons (Fsp3) is 0.476. The Kier molecular flexibility index (Phi) is 6.24. The molecule has 8 nitrogen and oxygen atoms in total. The van der Waals surface area contributed by atoms with Gasteiger partial charge in [-0.15, -0.1) is 0 Å². The van der Waals surface area contributed by atoms with Crippen LogP contribution in [0, 0.1) is 11.8 Å². The molecule has 1 fully saturated rings. The van der Waals surface area contributed by atoms with E-state index in [1.165, 1.54) is 30.9 Å². The lowest BCUT2D eigenvalue weighted by Gasteiger charge is -2.34. The maximum absolute atomic E-state index is 13.0. The van der Waals surface area contributed by atoms with E-state index in [0.29, 0.717) is 30.0 Å². The van der Waals surface area contributed by atoms with Gasteiger partial charge < -0.3 is 9.84 Å². The van der Waals surface area contributed by atoms with E-state index in [1.54, 1.807) is 10.9 Å². The first-order chi connectivity index (χ1) is 15.3. The molecule has 1 saturated carbocycles. The third-order valence-corrected chi connectivity index (χ3v) is 5.95. The van der Waals surface area contributed by atoms with E-state index in [1.807, 2.05) is 6.92 Å². The van der Waals surface area contributed by atoms with Crippen molar-refractivity contribution < 1.29 is 22.5 Å². The number of rotatable bonds is 6. The first-order valence-electron chi connectivity index (χ1n) is 10.5. The monoisotopic (exact) mass is 448 g/mol. The number of carbonyl (C=O) groups excluding carboxylic acids is 1. The zero-order valence-corrected chi connectivity index (χ0v) is 17.4. The molecule has 3 aromatic heterocycles. The van der Waals surface area contributed by atoms with Crippen molar-refractivity contribution in [2.45, 2.75) is 51.2 Å². The number of amides is 1. The zero-order chi connectivity index (χ0) is 22.7. The molecule has 11 heteroatoms. The number of carbonyl (C=O) groups is 1. The lowest BCUT2D eigenvalue weighted by molar-refractivity contribution is -0.184. The number of nitrogens with one attached hydrogen (secondary N) is 1. The van der Waals surface area contributed by atoms with Crippen LogP contribution in [0.3, 0.4) is 0 Å². The second-order valence-corrected chi connectivity index (χ2v) is 7.96. The number of anilines is 1. The molecule has 32 heavy (non-hydrogen) atoms. The van der Waals surface area contributed by atoms with Crippen LogP contribution in [0.25, 0.3) is 11.5 Å². The molecular weight excluding hydrogens is 425 g/mol. The Morgan fingerprint density at radius 1 is 1.25 bits per heavy atom. The van der Waals surface area contributed by atoms with Gasteiger partial charge in [0.05, 0.1) is 30.0 Å². The zero-order valence-electron chi connectivity index (χ0n) is 17.4. The Bertz CT molecular complexity index is 1040. The van der Waals surface area contributed by atoms with Crippen molar-refractivity contribution in [3.8, 4) is 11.5 Å². The van der Waals surface area contributed by atoms with E-state index in [9.17, 15) is 18.0 Å². The van der Waals surface area contributed by atoms with Crippen LogP contribution < -0.4 is 5.32 Å². The van der Waals surface area contributed by atoms with Crippen LogP contribution in [-0.2, 0) is 0 Å². The summed E-state index contributed by atoms with van der Waals surface area (Å²) in [7, 11) is 0. The Morgan fingerprint density at radius 3 is 2.69 bits per heavy atom. The van der Waals surface area contributed by atoms with Crippen LogP contribution in [0.5, 0.6) is 0 Å². The molecule has 0 radical (unpaired) electrons. The van der Waals surface area contributed by atoms with Gasteiger partial charge in [0.1, 0.15) is 5.69 Å². The molecule has 4 rings (SSSR count). The smallest absolute Gasteiger partial charge is 0.354 e. The molecule has 0 bridgehead atoms. The van der Waals surface area contributed by atoms with Crippen molar-refractivity contribution in [2.24, 2.45) is 11.8 Å². The number of aromatic nitrogens is 5. The summed E-state index contributed by atoms with van der Waals surface area (Å²) < 4.78 is 45.8. The molecule has 1 amide bonds. The molecule has 0 saturated heterocycles. The molecule has 3 heterocycles. The van der Waals surface area contributed by atoms with Gasteiger partial charge in [-0.05, 0) is 38.0 Å². The Balaban J connectivity index is 1.39. The quantitative estimate of drug-likeness (QED) is 0.576. The average molecular weight is 448 g/mol. The molecule has 170 valence electrons. The number of alkyl halides is 3. The Morgan fingerprint density at radius 2 is 2.03 bits per heavy atom. The summed E-state index contributed by atoms with van der Waals surface area (Å²) in [6.07, 6.45) is 5.68. The van der Waals surface area contributed by atoms with E-state index in [0.717, 1.165) is 6.42 Å². The number of hydrogen-bond donors (Lipinski definition) is 1. The third-order valence-electron chi connectivity index (χ3n) is 5.95. The lowest BCUT2D eigenvalue weighted by Crippen LogP contribution is -2.31. The summed E-state index contributed by atoms with van der Waals surface area (Å²) >= 11 is 0. The van der Waals surface area contributed by atoms with Crippen LogP contribution in [-0.4, -0.2) is 37.0 Å². The summed E-state index contributed by atoms with van der Waals surface area (Å²) in [5.41, 5.74) is 1.01. The first kappa shape index (κ1) is 22.0. The largest absolute Gasteiger partial charge is 0.391 e. The van der Waals surface area contributed by atoms with Crippen LogP contribution >= 0.6 is 0 Å². The number of halogens is 3. The third kappa shape index (κ3) is 4.81. The van der Waals surface area contributed by atoms with Crippen molar-refractivity contribution in [2.75, 3.05) is 5.32 Å². The van der Waals surface area contributed by atoms with Crippen molar-refractivity contribution in [3.05, 3.63) is 42.7 Å². The van der Waals surface area contributed by atoms with Gasteiger partial charge in [0.15, 0.2) is 11.5 Å². The van der Waals surface area contributed by atoms with E-state index >= 15 is 0 Å². The minimum atomic E-state index is -4.12. The second-order valence-electron chi connectivity index (χ2n) is 7.96. The van der Waals surface area contributed by atoms with Gasteiger partial charge >= 0.3 is 6.18 Å². The molecule has 0 aliphatic heterocycles. The normalized spacial score (nSPS) is 20.1. The van der Waals surface area contributed by atoms with E-state index in [4.69, 9.17) is 4.52 Å². The highest BCUT2D eigenvalue weighted by molar-refractivity contribution is 6.03. The van der Waals surface area contributed by atoms with E-state index in [-0.39, 0.29) is 30.5 Å². The molecule has 1 aliphatic rings. The number of nitrogens with zero attached hydrogens (tertiary/aromatic N) is 5. The topological polar surface area (TPSA) is 98.7 Å². The van der Waals surface area contributed by atoms with Crippen LogP contribution in [0.1, 0.15) is 55.6 Å². The van der Waals surface area contributed by atoms with Crippen LogP contribution in [0.15, 0.2) is 41.6 Å². The number of hydrogen-bond acceptors (Lipinski definition) is 6. The highest BCUT2D eigenvalue weighted by atomic mass is 19.4.